The van der Waals surface area contributed by atoms with E-state index in [9.17, 15) is 18.4 Å². The maximum absolute atomic E-state index is 13.2. The first-order chi connectivity index (χ1) is 7.88. The van der Waals surface area contributed by atoms with Crippen LogP contribution in [-0.4, -0.2) is 19.0 Å². The van der Waals surface area contributed by atoms with Gasteiger partial charge in [-0.05, 0) is 6.07 Å². The van der Waals surface area contributed by atoms with E-state index in [1.807, 2.05) is 0 Å². The molecule has 7 heteroatoms. The molecule has 5 nitrogen and oxygen atoms in total. The summed E-state index contributed by atoms with van der Waals surface area (Å²) in [5, 5.41) is 2.15. The van der Waals surface area contributed by atoms with Gasteiger partial charge in [0.05, 0.1) is 24.0 Å². The Hall–Kier alpha value is -2.18. The molecule has 0 aliphatic rings. The van der Waals surface area contributed by atoms with Gasteiger partial charge in [0.25, 0.3) is 0 Å². The summed E-state index contributed by atoms with van der Waals surface area (Å²) >= 11 is 0. The maximum Gasteiger partial charge on any atom is 0.340 e. The summed E-state index contributed by atoms with van der Waals surface area (Å²) in [5.74, 6) is -4.13. The smallest absolute Gasteiger partial charge is 0.340 e. The van der Waals surface area contributed by atoms with Crippen LogP contribution in [0.5, 0.6) is 0 Å². The predicted octanol–water partition coefficient (Wildman–Crippen LogP) is 1.29. The lowest BCUT2D eigenvalue weighted by molar-refractivity contribution is -0.114. The van der Waals surface area contributed by atoms with Gasteiger partial charge in [0, 0.05) is 6.92 Å². The van der Waals surface area contributed by atoms with Crippen molar-refractivity contribution in [2.45, 2.75) is 6.92 Å². The number of nitrogens with two attached hydrogens (primary N) is 1. The van der Waals surface area contributed by atoms with Crippen LogP contribution < -0.4 is 11.1 Å². The van der Waals surface area contributed by atoms with Gasteiger partial charge >= 0.3 is 5.97 Å². The fourth-order valence-corrected chi connectivity index (χ4v) is 1.23. The molecule has 0 aliphatic carbocycles. The van der Waals surface area contributed by atoms with Crippen molar-refractivity contribution in [3.63, 3.8) is 0 Å². The average Bonchev–Trinajstić information content (AvgIpc) is 2.28. The van der Waals surface area contributed by atoms with Crippen molar-refractivity contribution in [3.05, 3.63) is 23.3 Å². The summed E-state index contributed by atoms with van der Waals surface area (Å²) in [6.45, 7) is 1.14. The quantitative estimate of drug-likeness (QED) is 0.606. The Morgan fingerprint density at radius 3 is 2.47 bits per heavy atom. The number of rotatable bonds is 2. The second-order valence-corrected chi connectivity index (χ2v) is 3.18. The van der Waals surface area contributed by atoms with Gasteiger partial charge < -0.3 is 15.8 Å². The molecule has 1 aromatic carbocycles. The van der Waals surface area contributed by atoms with Crippen LogP contribution in [0.15, 0.2) is 6.07 Å². The van der Waals surface area contributed by atoms with Gasteiger partial charge in [-0.2, -0.15) is 0 Å². The molecule has 0 unspecified atom stereocenters. The fraction of sp³-hybridized carbons (Fsp3) is 0.200. The molecule has 0 bridgehead atoms. The minimum absolute atomic E-state index is 0.303. The van der Waals surface area contributed by atoms with Gasteiger partial charge in [0.2, 0.25) is 5.91 Å². The Bertz CT molecular complexity index is 489. The number of nitrogens with one attached hydrogen (secondary N) is 1. The number of halogens is 2. The lowest BCUT2D eigenvalue weighted by Crippen LogP contribution is -2.16. The number of anilines is 2. The molecule has 1 aromatic rings. The Morgan fingerprint density at radius 2 is 2.00 bits per heavy atom. The normalized spacial score (nSPS) is 9.88. The van der Waals surface area contributed by atoms with Crippen LogP contribution >= 0.6 is 0 Å². The van der Waals surface area contributed by atoms with E-state index < -0.39 is 29.2 Å². The zero-order chi connectivity index (χ0) is 13.2. The van der Waals surface area contributed by atoms with Crippen molar-refractivity contribution in [1.29, 1.82) is 0 Å². The summed E-state index contributed by atoms with van der Waals surface area (Å²) in [4.78, 5) is 22.2. The highest BCUT2D eigenvalue weighted by molar-refractivity contribution is 6.04. The lowest BCUT2D eigenvalue weighted by atomic mass is 10.1. The van der Waals surface area contributed by atoms with Crippen LogP contribution in [0, 0.1) is 11.6 Å². The topological polar surface area (TPSA) is 81.4 Å². The molecule has 17 heavy (non-hydrogen) atoms. The fourth-order valence-electron chi connectivity index (χ4n) is 1.23. The highest BCUT2D eigenvalue weighted by atomic mass is 19.2. The number of benzene rings is 1. The van der Waals surface area contributed by atoms with Crippen LogP contribution in [0.25, 0.3) is 0 Å². The maximum atomic E-state index is 13.2. The molecule has 0 saturated carbocycles. The molecule has 0 atom stereocenters. The van der Waals surface area contributed by atoms with E-state index in [0.29, 0.717) is 6.07 Å². The molecule has 0 saturated heterocycles. The standard InChI is InChI=1S/C10H10F2N2O3/c1-4(15)14-9-5(10(16)17-2)3-6(11)7(12)8(9)13/h3H,13H2,1-2H3,(H,14,15). The second kappa shape index (κ2) is 4.77. The number of ether oxygens (including phenoxy) is 1. The number of carbonyl (C=O) groups is 2. The zero-order valence-electron chi connectivity index (χ0n) is 9.14. The van der Waals surface area contributed by atoms with Crippen molar-refractivity contribution in [2.24, 2.45) is 0 Å². The van der Waals surface area contributed by atoms with Crippen LogP contribution in [0.1, 0.15) is 17.3 Å². The number of carbonyl (C=O) groups excluding carboxylic acids is 2. The third kappa shape index (κ3) is 2.49. The van der Waals surface area contributed by atoms with Gasteiger partial charge in [-0.1, -0.05) is 0 Å². The summed E-state index contributed by atoms with van der Waals surface area (Å²) in [5.41, 5.74) is 3.98. The van der Waals surface area contributed by atoms with E-state index in [0.717, 1.165) is 14.0 Å². The van der Waals surface area contributed by atoms with E-state index in [2.05, 4.69) is 10.1 Å². The van der Waals surface area contributed by atoms with Gasteiger partial charge in [0.15, 0.2) is 11.6 Å². The molecule has 0 aromatic heterocycles. The van der Waals surface area contributed by atoms with Crippen LogP contribution in [0.4, 0.5) is 20.2 Å². The first kappa shape index (κ1) is 12.9. The highest BCUT2D eigenvalue weighted by Gasteiger charge is 2.21. The second-order valence-electron chi connectivity index (χ2n) is 3.18. The van der Waals surface area contributed by atoms with Gasteiger partial charge in [-0.25, -0.2) is 13.6 Å². The van der Waals surface area contributed by atoms with Crippen LogP contribution in [0.3, 0.4) is 0 Å². The minimum Gasteiger partial charge on any atom is -0.465 e. The van der Waals surface area contributed by atoms with Crippen molar-refractivity contribution < 1.29 is 23.1 Å². The Labute approximate surface area is 95.5 Å². The number of esters is 1. The predicted molar refractivity (Wildman–Crippen MR) is 56.4 cm³/mol. The minimum atomic E-state index is -1.33. The van der Waals surface area contributed by atoms with Crippen molar-refractivity contribution >= 4 is 23.3 Å². The summed E-state index contributed by atoms with van der Waals surface area (Å²) in [6.07, 6.45) is 0. The van der Waals surface area contributed by atoms with E-state index >= 15 is 0 Å². The molecule has 0 heterocycles. The highest BCUT2D eigenvalue weighted by Crippen LogP contribution is 2.29. The molecule has 0 fully saturated rings. The summed E-state index contributed by atoms with van der Waals surface area (Å²) in [6, 6.07) is 0.614. The lowest BCUT2D eigenvalue weighted by Gasteiger charge is -2.12. The molecule has 0 spiro atoms. The summed E-state index contributed by atoms with van der Waals surface area (Å²) < 4.78 is 30.6. The number of hydrogen-bond donors (Lipinski definition) is 2. The van der Waals surface area contributed by atoms with Crippen molar-refractivity contribution in [1.82, 2.24) is 0 Å². The van der Waals surface area contributed by atoms with Gasteiger partial charge in [-0.15, -0.1) is 0 Å². The molecule has 92 valence electrons. The van der Waals surface area contributed by atoms with Crippen LogP contribution in [0.2, 0.25) is 0 Å². The third-order valence-corrected chi connectivity index (χ3v) is 1.96. The van der Waals surface area contributed by atoms with Crippen molar-refractivity contribution in [2.75, 3.05) is 18.2 Å². The van der Waals surface area contributed by atoms with E-state index in [1.165, 1.54) is 0 Å². The Kier molecular flexibility index (Phi) is 3.62. The number of methoxy groups -OCH3 is 1. The first-order valence-corrected chi connectivity index (χ1v) is 4.51. The Morgan fingerprint density at radius 1 is 1.41 bits per heavy atom. The molecular formula is C10H10F2N2O3. The molecule has 1 rings (SSSR count). The largest absolute Gasteiger partial charge is 0.465 e. The zero-order valence-corrected chi connectivity index (χ0v) is 9.14. The number of hydrogen-bond acceptors (Lipinski definition) is 4. The number of nitrogen functional groups attached to an aromatic ring is 1. The average molecular weight is 244 g/mol. The van der Waals surface area contributed by atoms with Gasteiger partial charge in [-0.3, -0.25) is 4.79 Å². The van der Waals surface area contributed by atoms with Crippen molar-refractivity contribution in [3.8, 4) is 0 Å². The molecular weight excluding hydrogens is 234 g/mol. The van der Waals surface area contributed by atoms with E-state index in [4.69, 9.17) is 5.73 Å². The SMILES string of the molecule is COC(=O)c1cc(F)c(F)c(N)c1NC(C)=O. The van der Waals surface area contributed by atoms with Crippen LogP contribution in [-0.2, 0) is 9.53 Å². The monoisotopic (exact) mass is 244 g/mol. The molecule has 1 amide bonds. The first-order valence-electron chi connectivity index (χ1n) is 4.51. The molecule has 3 N–H and O–H groups in total. The van der Waals surface area contributed by atoms with Gasteiger partial charge in [0.1, 0.15) is 0 Å². The third-order valence-electron chi connectivity index (χ3n) is 1.96. The van der Waals surface area contributed by atoms with E-state index in [1.54, 1.807) is 0 Å². The molecule has 0 aliphatic heterocycles. The summed E-state index contributed by atoms with van der Waals surface area (Å²) in [7, 11) is 1.07. The van der Waals surface area contributed by atoms with E-state index in [-0.39, 0.29) is 11.3 Å². The molecule has 0 radical (unpaired) electrons. The Balaban J connectivity index is 3.45. The number of amides is 1.